The van der Waals surface area contributed by atoms with E-state index in [0.29, 0.717) is 12.2 Å². The number of ether oxygens (including phenoxy) is 1. The van der Waals surface area contributed by atoms with Crippen LogP contribution in [0.4, 0.5) is 0 Å². The van der Waals surface area contributed by atoms with Crippen molar-refractivity contribution < 1.29 is 14.9 Å². The minimum Gasteiger partial charge on any atom is -0.507 e. The van der Waals surface area contributed by atoms with Gasteiger partial charge in [0.05, 0.1) is 18.3 Å². The third-order valence-electron chi connectivity index (χ3n) is 3.03. The molecule has 0 radical (unpaired) electrons. The van der Waals surface area contributed by atoms with E-state index < -0.39 is 0 Å². The average molecular weight is 253 g/mol. The van der Waals surface area contributed by atoms with Crippen LogP contribution in [-0.2, 0) is 4.74 Å². The molecule has 0 saturated carbocycles. The molecule has 0 aliphatic heterocycles. The Morgan fingerprint density at radius 1 is 1.17 bits per heavy atom. The first-order chi connectivity index (χ1) is 8.43. The Bertz CT molecular complexity index is 359. The van der Waals surface area contributed by atoms with Crippen molar-refractivity contribution in [3.8, 4) is 11.5 Å². The van der Waals surface area contributed by atoms with Gasteiger partial charge < -0.3 is 14.9 Å². The molecule has 0 heterocycles. The number of nitrogens with zero attached hydrogens (tertiary/aromatic N) is 1. The van der Waals surface area contributed by atoms with Crippen molar-refractivity contribution in [2.75, 3.05) is 20.2 Å². The summed E-state index contributed by atoms with van der Waals surface area (Å²) in [7, 11) is 1.94. The average Bonchev–Trinajstić information content (AvgIpc) is 2.27. The summed E-state index contributed by atoms with van der Waals surface area (Å²) < 4.78 is 5.49. The van der Waals surface area contributed by atoms with Crippen molar-refractivity contribution in [3.63, 3.8) is 0 Å². The predicted molar refractivity (Wildman–Crippen MR) is 71.9 cm³/mol. The van der Waals surface area contributed by atoms with Crippen LogP contribution in [0.25, 0.3) is 0 Å². The predicted octanol–water partition coefficient (Wildman–Crippen LogP) is 2.52. The second-order valence-electron chi connectivity index (χ2n) is 4.79. The van der Waals surface area contributed by atoms with Gasteiger partial charge in [-0.3, -0.25) is 4.90 Å². The zero-order valence-electron chi connectivity index (χ0n) is 11.6. The molecule has 0 bridgehead atoms. The van der Waals surface area contributed by atoms with Gasteiger partial charge in [-0.1, -0.05) is 6.07 Å². The van der Waals surface area contributed by atoms with Crippen LogP contribution >= 0.6 is 0 Å². The van der Waals surface area contributed by atoms with Crippen LogP contribution in [-0.4, -0.2) is 41.4 Å². The van der Waals surface area contributed by atoms with E-state index in [0.717, 1.165) is 6.54 Å². The standard InChI is InChI=1S/C14H23NO3/c1-10(2)18-9-8-15(4)11(3)14-12(16)6-5-7-13(14)17/h5-7,10-11,16-17H,8-9H2,1-4H3. The summed E-state index contributed by atoms with van der Waals surface area (Å²) in [5, 5.41) is 19.6. The highest BCUT2D eigenvalue weighted by Gasteiger charge is 2.18. The summed E-state index contributed by atoms with van der Waals surface area (Å²) in [5.41, 5.74) is 0.560. The molecule has 0 aliphatic rings. The number of benzene rings is 1. The van der Waals surface area contributed by atoms with Crippen LogP contribution in [0.1, 0.15) is 32.4 Å². The number of rotatable bonds is 6. The Morgan fingerprint density at radius 3 is 2.22 bits per heavy atom. The van der Waals surface area contributed by atoms with Gasteiger partial charge in [0, 0.05) is 12.6 Å². The minimum absolute atomic E-state index is 0.0676. The van der Waals surface area contributed by atoms with Gasteiger partial charge >= 0.3 is 0 Å². The number of hydrogen-bond acceptors (Lipinski definition) is 4. The van der Waals surface area contributed by atoms with Gasteiger partial charge in [0.2, 0.25) is 0 Å². The van der Waals surface area contributed by atoms with E-state index in [1.807, 2.05) is 32.7 Å². The monoisotopic (exact) mass is 253 g/mol. The zero-order chi connectivity index (χ0) is 13.7. The van der Waals surface area contributed by atoms with Gasteiger partial charge in [-0.15, -0.1) is 0 Å². The van der Waals surface area contributed by atoms with Gasteiger partial charge in [0.15, 0.2) is 0 Å². The van der Waals surface area contributed by atoms with E-state index in [-0.39, 0.29) is 23.6 Å². The van der Waals surface area contributed by atoms with Gasteiger partial charge in [-0.05, 0) is 40.0 Å². The van der Waals surface area contributed by atoms with Crippen molar-refractivity contribution in [2.45, 2.75) is 32.9 Å². The first-order valence-electron chi connectivity index (χ1n) is 6.26. The third-order valence-corrected chi connectivity index (χ3v) is 3.03. The van der Waals surface area contributed by atoms with Crippen LogP contribution in [0.2, 0.25) is 0 Å². The normalized spacial score (nSPS) is 13.2. The topological polar surface area (TPSA) is 52.9 Å². The van der Waals surface area contributed by atoms with Crippen LogP contribution < -0.4 is 0 Å². The SMILES string of the molecule is CC(C)OCCN(C)C(C)c1c(O)cccc1O. The summed E-state index contributed by atoms with van der Waals surface area (Å²) in [6, 6.07) is 4.73. The molecule has 4 heteroatoms. The van der Waals surface area contributed by atoms with E-state index in [1.54, 1.807) is 18.2 Å². The highest BCUT2D eigenvalue weighted by molar-refractivity contribution is 5.44. The maximum absolute atomic E-state index is 9.81. The van der Waals surface area contributed by atoms with Crippen molar-refractivity contribution in [3.05, 3.63) is 23.8 Å². The van der Waals surface area contributed by atoms with Gasteiger partial charge in [-0.25, -0.2) is 0 Å². The zero-order valence-corrected chi connectivity index (χ0v) is 11.6. The highest BCUT2D eigenvalue weighted by Crippen LogP contribution is 2.34. The molecule has 4 nitrogen and oxygen atoms in total. The first kappa shape index (κ1) is 14.8. The van der Waals surface area contributed by atoms with Crippen LogP contribution in [0.5, 0.6) is 11.5 Å². The Labute approximate surface area is 109 Å². The number of aromatic hydroxyl groups is 2. The first-order valence-corrected chi connectivity index (χ1v) is 6.26. The molecule has 0 saturated heterocycles. The van der Waals surface area contributed by atoms with Crippen LogP contribution in [0.3, 0.4) is 0 Å². The quantitative estimate of drug-likeness (QED) is 0.818. The Morgan fingerprint density at radius 2 is 1.72 bits per heavy atom. The fourth-order valence-corrected chi connectivity index (χ4v) is 1.82. The number of likely N-dealkylation sites (N-methyl/N-ethyl adjacent to an activating group) is 1. The van der Waals surface area contributed by atoms with E-state index in [1.165, 1.54) is 0 Å². The molecule has 0 aliphatic carbocycles. The smallest absolute Gasteiger partial charge is 0.124 e. The molecule has 1 aromatic carbocycles. The van der Waals surface area contributed by atoms with Gasteiger partial charge in [-0.2, -0.15) is 0 Å². The summed E-state index contributed by atoms with van der Waals surface area (Å²) in [4.78, 5) is 2.04. The Hall–Kier alpha value is -1.26. The van der Waals surface area contributed by atoms with E-state index in [4.69, 9.17) is 4.74 Å². The van der Waals surface area contributed by atoms with E-state index in [9.17, 15) is 10.2 Å². The molecule has 1 aromatic rings. The number of hydrogen-bond donors (Lipinski definition) is 2. The molecule has 0 spiro atoms. The fraction of sp³-hybridized carbons (Fsp3) is 0.571. The van der Waals surface area contributed by atoms with Crippen LogP contribution in [0, 0.1) is 0 Å². The fourth-order valence-electron chi connectivity index (χ4n) is 1.82. The lowest BCUT2D eigenvalue weighted by Crippen LogP contribution is -2.27. The van der Waals surface area contributed by atoms with Crippen molar-refractivity contribution >= 4 is 0 Å². The molecule has 0 fully saturated rings. The second-order valence-corrected chi connectivity index (χ2v) is 4.79. The molecule has 0 amide bonds. The molecule has 18 heavy (non-hydrogen) atoms. The molecular formula is C14H23NO3. The maximum Gasteiger partial charge on any atom is 0.124 e. The van der Waals surface area contributed by atoms with Crippen molar-refractivity contribution in [1.82, 2.24) is 4.90 Å². The van der Waals surface area contributed by atoms with E-state index >= 15 is 0 Å². The Kier molecular flexibility index (Phi) is 5.44. The molecule has 1 unspecified atom stereocenters. The van der Waals surface area contributed by atoms with Gasteiger partial charge in [0.1, 0.15) is 11.5 Å². The summed E-state index contributed by atoms with van der Waals surface area (Å²) in [6.45, 7) is 7.32. The van der Waals surface area contributed by atoms with E-state index in [2.05, 4.69) is 0 Å². The second kappa shape index (κ2) is 6.61. The number of phenols is 2. The minimum atomic E-state index is -0.0676. The maximum atomic E-state index is 9.81. The summed E-state index contributed by atoms with van der Waals surface area (Å²) >= 11 is 0. The largest absolute Gasteiger partial charge is 0.507 e. The Balaban J connectivity index is 2.65. The van der Waals surface area contributed by atoms with Gasteiger partial charge in [0.25, 0.3) is 0 Å². The lowest BCUT2D eigenvalue weighted by atomic mass is 10.0. The van der Waals surface area contributed by atoms with Crippen molar-refractivity contribution in [2.24, 2.45) is 0 Å². The lowest BCUT2D eigenvalue weighted by Gasteiger charge is -2.26. The lowest BCUT2D eigenvalue weighted by molar-refractivity contribution is 0.0568. The molecule has 102 valence electrons. The molecule has 0 aromatic heterocycles. The summed E-state index contributed by atoms with van der Waals surface area (Å²) in [6.07, 6.45) is 0.215. The molecule has 1 atom stereocenters. The molecule has 2 N–H and O–H groups in total. The molecular weight excluding hydrogens is 230 g/mol. The number of phenolic OH excluding ortho intramolecular Hbond substituents is 2. The van der Waals surface area contributed by atoms with Crippen LogP contribution in [0.15, 0.2) is 18.2 Å². The molecule has 1 rings (SSSR count). The summed E-state index contributed by atoms with van der Waals surface area (Å²) in [5.74, 6) is 0.248. The highest BCUT2D eigenvalue weighted by atomic mass is 16.5. The van der Waals surface area contributed by atoms with Crippen molar-refractivity contribution in [1.29, 1.82) is 0 Å². The third kappa shape index (κ3) is 3.89.